The van der Waals surface area contributed by atoms with Crippen LogP contribution in [0.25, 0.3) is 10.9 Å². The van der Waals surface area contributed by atoms with Crippen molar-refractivity contribution in [3.05, 3.63) is 39.4 Å². The Morgan fingerprint density at radius 2 is 1.83 bits per heavy atom. The topological polar surface area (TPSA) is 12.9 Å². The summed E-state index contributed by atoms with van der Waals surface area (Å²) in [4.78, 5) is 4.34. The zero-order valence-corrected chi connectivity index (χ0v) is 9.26. The van der Waals surface area contributed by atoms with Crippen LogP contribution in [-0.2, 0) is 0 Å². The number of nitrogens with zero attached hydrogens (tertiary/aromatic N) is 1. The van der Waals surface area contributed by atoms with Crippen LogP contribution in [0.5, 0.6) is 0 Å². The average molecular weight is 287 g/mol. The van der Waals surface area contributed by atoms with E-state index < -0.39 is 0 Å². The highest BCUT2D eigenvalue weighted by Crippen LogP contribution is 2.24. The summed E-state index contributed by atoms with van der Waals surface area (Å²) >= 11 is 6.77. The third kappa shape index (κ3) is 1.39. The molecule has 0 saturated heterocycles. The van der Waals surface area contributed by atoms with E-state index in [2.05, 4.69) is 36.8 Å². The van der Waals surface area contributed by atoms with E-state index in [0.717, 1.165) is 20.0 Å². The lowest BCUT2D eigenvalue weighted by Gasteiger charge is -1.98. The molecular weight excluding hydrogens is 282 g/mol. The first-order valence-corrected chi connectivity index (χ1v) is 5.07. The normalized spacial score (nSPS) is 10.5. The first kappa shape index (κ1) is 8.20. The summed E-state index contributed by atoms with van der Waals surface area (Å²) in [5.41, 5.74) is 1.01. The predicted octanol–water partition coefficient (Wildman–Crippen LogP) is 3.76. The van der Waals surface area contributed by atoms with Gasteiger partial charge in [-0.15, -0.1) is 0 Å². The Hall–Kier alpha value is -0.410. The van der Waals surface area contributed by atoms with Gasteiger partial charge in [-0.1, -0.05) is 18.2 Å². The van der Waals surface area contributed by atoms with Gasteiger partial charge in [0.1, 0.15) is 4.60 Å². The molecule has 0 saturated carbocycles. The number of rotatable bonds is 0. The molecule has 1 heterocycles. The minimum absolute atomic E-state index is 0.848. The van der Waals surface area contributed by atoms with Crippen molar-refractivity contribution < 1.29 is 0 Å². The molecule has 0 N–H and O–H groups in total. The Morgan fingerprint density at radius 1 is 1.08 bits per heavy atom. The van der Waals surface area contributed by atoms with E-state index in [1.807, 2.05) is 30.3 Å². The van der Waals surface area contributed by atoms with Crippen molar-refractivity contribution in [3.8, 4) is 0 Å². The van der Waals surface area contributed by atoms with Gasteiger partial charge in [0.25, 0.3) is 0 Å². The number of aromatic nitrogens is 1. The highest BCUT2D eigenvalue weighted by atomic mass is 79.9. The van der Waals surface area contributed by atoms with E-state index in [4.69, 9.17) is 0 Å². The number of para-hydroxylation sites is 1. The van der Waals surface area contributed by atoms with Crippen LogP contribution in [0.2, 0.25) is 0 Å². The number of halogens is 2. The zero-order valence-electron chi connectivity index (χ0n) is 6.09. The molecule has 1 aromatic carbocycles. The van der Waals surface area contributed by atoms with Crippen LogP contribution in [0.1, 0.15) is 0 Å². The van der Waals surface area contributed by atoms with Crippen molar-refractivity contribution in [1.82, 2.24) is 4.98 Å². The lowest BCUT2D eigenvalue weighted by Crippen LogP contribution is -1.80. The first-order valence-electron chi connectivity index (χ1n) is 3.48. The van der Waals surface area contributed by atoms with Gasteiger partial charge in [0.05, 0.1) is 9.99 Å². The molecular formula is C9H5Br2N. The fourth-order valence-electron chi connectivity index (χ4n) is 1.07. The molecule has 0 spiro atoms. The second-order valence-electron chi connectivity index (χ2n) is 2.45. The highest BCUT2D eigenvalue weighted by molar-refractivity contribution is 9.13. The van der Waals surface area contributed by atoms with E-state index in [9.17, 15) is 0 Å². The molecule has 3 heteroatoms. The van der Waals surface area contributed by atoms with Crippen LogP contribution in [0, 0.1) is 0 Å². The molecule has 60 valence electrons. The maximum absolute atomic E-state index is 4.34. The Morgan fingerprint density at radius 3 is 2.67 bits per heavy atom. The molecule has 2 aromatic rings. The Labute approximate surface area is 87.1 Å². The molecule has 0 atom stereocenters. The lowest BCUT2D eigenvalue weighted by atomic mass is 10.2. The van der Waals surface area contributed by atoms with Crippen molar-refractivity contribution in [3.63, 3.8) is 0 Å². The quantitative estimate of drug-likeness (QED) is 0.672. The molecule has 0 aliphatic rings. The summed E-state index contributed by atoms with van der Waals surface area (Å²) in [6.07, 6.45) is 0. The molecule has 0 fully saturated rings. The fraction of sp³-hybridized carbons (Fsp3) is 0. The van der Waals surface area contributed by atoms with Gasteiger partial charge in [0, 0.05) is 5.39 Å². The average Bonchev–Trinajstić information content (AvgIpc) is 2.07. The van der Waals surface area contributed by atoms with Crippen molar-refractivity contribution in [2.24, 2.45) is 0 Å². The number of pyridine rings is 1. The number of fused-ring (bicyclic) bond motifs is 1. The largest absolute Gasteiger partial charge is 0.240 e. The second kappa shape index (κ2) is 3.15. The smallest absolute Gasteiger partial charge is 0.120 e. The van der Waals surface area contributed by atoms with Gasteiger partial charge in [0.2, 0.25) is 0 Å². The minimum atomic E-state index is 0.848. The molecule has 12 heavy (non-hydrogen) atoms. The Bertz CT molecular complexity index is 385. The standard InChI is InChI=1S/C9H5Br2N/c10-7-5-6-3-1-2-4-8(6)12-9(7)11/h1-5H. The maximum Gasteiger partial charge on any atom is 0.120 e. The summed E-state index contributed by atoms with van der Waals surface area (Å²) in [5, 5.41) is 1.15. The van der Waals surface area contributed by atoms with Gasteiger partial charge in [-0.2, -0.15) is 0 Å². The molecule has 1 nitrogen and oxygen atoms in total. The maximum atomic E-state index is 4.34. The van der Waals surface area contributed by atoms with Gasteiger partial charge in [-0.25, -0.2) is 4.98 Å². The monoisotopic (exact) mass is 285 g/mol. The summed E-state index contributed by atoms with van der Waals surface area (Å²) in [6.45, 7) is 0. The lowest BCUT2D eigenvalue weighted by molar-refractivity contribution is 1.33. The molecule has 0 amide bonds. The molecule has 1 aromatic heterocycles. The van der Waals surface area contributed by atoms with Crippen molar-refractivity contribution in [1.29, 1.82) is 0 Å². The first-order chi connectivity index (χ1) is 5.77. The van der Waals surface area contributed by atoms with Crippen molar-refractivity contribution in [2.45, 2.75) is 0 Å². The van der Waals surface area contributed by atoms with Crippen molar-refractivity contribution in [2.75, 3.05) is 0 Å². The molecule has 0 aliphatic carbocycles. The number of benzene rings is 1. The SMILES string of the molecule is Brc1cc2ccccc2nc1Br. The van der Waals surface area contributed by atoms with E-state index in [-0.39, 0.29) is 0 Å². The van der Waals surface area contributed by atoms with Crippen LogP contribution in [0.15, 0.2) is 39.4 Å². The highest BCUT2D eigenvalue weighted by Gasteiger charge is 1.99. The van der Waals surface area contributed by atoms with Crippen LogP contribution < -0.4 is 0 Å². The van der Waals surface area contributed by atoms with E-state index in [1.165, 1.54) is 0 Å². The Balaban J connectivity index is 2.84. The molecule has 0 aliphatic heterocycles. The minimum Gasteiger partial charge on any atom is -0.240 e. The molecule has 0 unspecified atom stereocenters. The summed E-state index contributed by atoms with van der Waals surface area (Å²) in [6, 6.07) is 10.1. The van der Waals surface area contributed by atoms with E-state index >= 15 is 0 Å². The zero-order chi connectivity index (χ0) is 8.55. The molecule has 2 rings (SSSR count). The van der Waals surface area contributed by atoms with Gasteiger partial charge < -0.3 is 0 Å². The van der Waals surface area contributed by atoms with Crippen LogP contribution in [0.3, 0.4) is 0 Å². The van der Waals surface area contributed by atoms with Gasteiger partial charge >= 0.3 is 0 Å². The van der Waals surface area contributed by atoms with Gasteiger partial charge in [-0.3, -0.25) is 0 Å². The molecule has 0 bridgehead atoms. The summed E-state index contributed by atoms with van der Waals surface area (Å²) in [7, 11) is 0. The third-order valence-corrected chi connectivity index (χ3v) is 3.38. The van der Waals surface area contributed by atoms with E-state index in [0.29, 0.717) is 0 Å². The second-order valence-corrected chi connectivity index (χ2v) is 4.06. The van der Waals surface area contributed by atoms with Crippen LogP contribution >= 0.6 is 31.9 Å². The number of hydrogen-bond donors (Lipinski definition) is 0. The van der Waals surface area contributed by atoms with Crippen molar-refractivity contribution >= 4 is 42.8 Å². The van der Waals surface area contributed by atoms with Gasteiger partial charge in [0.15, 0.2) is 0 Å². The predicted molar refractivity (Wildman–Crippen MR) is 57.1 cm³/mol. The third-order valence-electron chi connectivity index (χ3n) is 1.63. The summed E-state index contributed by atoms with van der Waals surface area (Å²) in [5.74, 6) is 0. The van der Waals surface area contributed by atoms with Gasteiger partial charge in [-0.05, 0) is 44.0 Å². The van der Waals surface area contributed by atoms with Crippen LogP contribution in [-0.4, -0.2) is 4.98 Å². The number of hydrogen-bond acceptors (Lipinski definition) is 1. The Kier molecular flexibility index (Phi) is 2.15. The van der Waals surface area contributed by atoms with Crippen LogP contribution in [0.4, 0.5) is 0 Å². The van der Waals surface area contributed by atoms with E-state index in [1.54, 1.807) is 0 Å². The fourth-order valence-corrected chi connectivity index (χ4v) is 1.71. The summed E-state index contributed by atoms with van der Waals surface area (Å²) < 4.78 is 1.84. The molecule has 0 radical (unpaired) electrons.